The number of halogens is 2. The molecule has 9 heteroatoms. The highest BCUT2D eigenvalue weighted by molar-refractivity contribution is 7.92. The van der Waals surface area contributed by atoms with E-state index in [4.69, 9.17) is 28.9 Å². The Balaban J connectivity index is 2.50. The Morgan fingerprint density at radius 2 is 1.95 bits per heavy atom. The molecule has 1 aromatic carbocycles. The Morgan fingerprint density at radius 3 is 2.48 bits per heavy atom. The van der Waals surface area contributed by atoms with E-state index in [2.05, 4.69) is 14.9 Å². The van der Waals surface area contributed by atoms with Gasteiger partial charge in [0.05, 0.1) is 22.1 Å². The molecule has 4 N–H and O–H groups in total. The summed E-state index contributed by atoms with van der Waals surface area (Å²) in [7, 11) is -3.86. The van der Waals surface area contributed by atoms with Crippen LogP contribution in [-0.4, -0.2) is 18.6 Å². The Kier molecular flexibility index (Phi) is 4.48. The average Bonchev–Trinajstić information content (AvgIpc) is 2.70. The van der Waals surface area contributed by atoms with Crippen LogP contribution in [0, 0.1) is 13.8 Å². The maximum Gasteiger partial charge on any atom is 0.263 e. The molecule has 0 radical (unpaired) electrons. The normalized spacial score (nSPS) is 11.7. The molecule has 0 aliphatic rings. The summed E-state index contributed by atoms with van der Waals surface area (Å²) in [6, 6.07) is 2.74. The van der Waals surface area contributed by atoms with Gasteiger partial charge in [0.2, 0.25) is 0 Å². The topological polar surface area (TPSA) is 101 Å². The number of benzene rings is 1. The third kappa shape index (κ3) is 3.16. The molecule has 0 saturated carbocycles. The summed E-state index contributed by atoms with van der Waals surface area (Å²) in [5, 5.41) is 7.01. The zero-order valence-electron chi connectivity index (χ0n) is 11.4. The van der Waals surface area contributed by atoms with E-state index in [1.165, 1.54) is 12.1 Å². The molecule has 6 nitrogen and oxygen atoms in total. The minimum absolute atomic E-state index is 0.0310. The third-order valence-corrected chi connectivity index (χ3v) is 5.14. The number of aromatic nitrogens is 2. The summed E-state index contributed by atoms with van der Waals surface area (Å²) in [5.41, 5.74) is 7.59. The summed E-state index contributed by atoms with van der Waals surface area (Å²) in [6.45, 7) is 3.52. The zero-order chi connectivity index (χ0) is 15.8. The molecule has 0 bridgehead atoms. The number of aromatic amines is 1. The summed E-state index contributed by atoms with van der Waals surface area (Å²) < 4.78 is 27.4. The van der Waals surface area contributed by atoms with Crippen LogP contribution < -0.4 is 10.5 Å². The van der Waals surface area contributed by atoms with Gasteiger partial charge in [-0.2, -0.15) is 5.10 Å². The van der Waals surface area contributed by atoms with Crippen molar-refractivity contribution < 1.29 is 8.42 Å². The average molecular weight is 349 g/mol. The first-order chi connectivity index (χ1) is 9.76. The molecule has 0 atom stereocenters. The van der Waals surface area contributed by atoms with Gasteiger partial charge in [0.25, 0.3) is 10.0 Å². The lowest BCUT2D eigenvalue weighted by Gasteiger charge is -2.12. The van der Waals surface area contributed by atoms with E-state index in [9.17, 15) is 8.42 Å². The maximum atomic E-state index is 12.5. The lowest BCUT2D eigenvalue weighted by Crippen LogP contribution is -2.15. The Labute approximate surface area is 132 Å². The van der Waals surface area contributed by atoms with Gasteiger partial charge < -0.3 is 5.73 Å². The molecule has 1 aromatic heterocycles. The number of hydrogen-bond acceptors (Lipinski definition) is 4. The zero-order valence-corrected chi connectivity index (χ0v) is 13.7. The molecular weight excluding hydrogens is 335 g/mol. The number of nitrogens with two attached hydrogens (primary N) is 1. The van der Waals surface area contributed by atoms with E-state index < -0.39 is 10.0 Å². The molecule has 0 spiro atoms. The van der Waals surface area contributed by atoms with E-state index in [1.807, 2.05) is 0 Å². The van der Waals surface area contributed by atoms with Crippen LogP contribution in [0.25, 0.3) is 0 Å². The largest absolute Gasteiger partial charge is 0.326 e. The van der Waals surface area contributed by atoms with E-state index in [0.717, 1.165) is 0 Å². The van der Waals surface area contributed by atoms with Crippen LogP contribution in [0.2, 0.25) is 10.0 Å². The fourth-order valence-corrected chi connectivity index (χ4v) is 3.88. The standard InChI is InChI=1S/C12H14Cl2N4O2S/c1-6-12(7(2)17-16-6)18-21(19,20)11-3-8(5-15)9(13)4-10(11)14/h3-4,18H,5,15H2,1-2H3,(H,16,17). The fourth-order valence-electron chi connectivity index (χ4n) is 1.82. The molecule has 0 unspecified atom stereocenters. The smallest absolute Gasteiger partial charge is 0.263 e. The van der Waals surface area contributed by atoms with Gasteiger partial charge in [-0.1, -0.05) is 23.2 Å². The third-order valence-electron chi connectivity index (χ3n) is 2.97. The minimum Gasteiger partial charge on any atom is -0.326 e. The first kappa shape index (κ1) is 16.1. The van der Waals surface area contributed by atoms with Crippen LogP contribution in [0.4, 0.5) is 5.69 Å². The Hall–Kier alpha value is -1.28. The molecule has 2 aromatic rings. The second kappa shape index (κ2) is 5.84. The van der Waals surface area contributed by atoms with Crippen molar-refractivity contribution in [2.24, 2.45) is 5.73 Å². The van der Waals surface area contributed by atoms with E-state index in [1.54, 1.807) is 13.8 Å². The van der Waals surface area contributed by atoms with Gasteiger partial charge in [-0.25, -0.2) is 8.42 Å². The van der Waals surface area contributed by atoms with Crippen molar-refractivity contribution in [3.8, 4) is 0 Å². The quantitative estimate of drug-likeness (QED) is 0.790. The lowest BCUT2D eigenvalue weighted by atomic mass is 10.2. The summed E-state index contributed by atoms with van der Waals surface area (Å²) in [4.78, 5) is -0.0750. The van der Waals surface area contributed by atoms with Crippen molar-refractivity contribution >= 4 is 38.9 Å². The van der Waals surface area contributed by atoms with E-state index in [0.29, 0.717) is 27.7 Å². The van der Waals surface area contributed by atoms with Gasteiger partial charge in [-0.3, -0.25) is 9.82 Å². The van der Waals surface area contributed by atoms with Crippen LogP contribution in [-0.2, 0) is 16.6 Å². The lowest BCUT2D eigenvalue weighted by molar-refractivity contribution is 0.601. The van der Waals surface area contributed by atoms with Crippen molar-refractivity contribution in [2.45, 2.75) is 25.3 Å². The van der Waals surface area contributed by atoms with Gasteiger partial charge in [-0.05, 0) is 31.5 Å². The van der Waals surface area contributed by atoms with Crippen molar-refractivity contribution in [3.63, 3.8) is 0 Å². The van der Waals surface area contributed by atoms with Crippen LogP contribution in [0.15, 0.2) is 17.0 Å². The Morgan fingerprint density at radius 1 is 1.29 bits per heavy atom. The molecule has 0 saturated heterocycles. The van der Waals surface area contributed by atoms with E-state index >= 15 is 0 Å². The predicted octanol–water partition coefficient (Wildman–Crippen LogP) is 2.59. The Bertz CT molecular complexity index is 767. The molecule has 0 aliphatic heterocycles. The number of sulfonamides is 1. The molecule has 0 aliphatic carbocycles. The highest BCUT2D eigenvalue weighted by Gasteiger charge is 2.22. The van der Waals surface area contributed by atoms with Gasteiger partial charge in [0.1, 0.15) is 4.90 Å². The molecule has 21 heavy (non-hydrogen) atoms. The fraction of sp³-hybridized carbons (Fsp3) is 0.250. The summed E-state index contributed by atoms with van der Waals surface area (Å²) in [5.74, 6) is 0. The number of rotatable bonds is 4. The SMILES string of the molecule is Cc1n[nH]c(C)c1NS(=O)(=O)c1cc(CN)c(Cl)cc1Cl. The van der Waals surface area contributed by atoms with Gasteiger partial charge in [0.15, 0.2) is 0 Å². The van der Waals surface area contributed by atoms with E-state index in [-0.39, 0.29) is 16.5 Å². The van der Waals surface area contributed by atoms with Gasteiger partial charge in [-0.15, -0.1) is 0 Å². The second-order valence-electron chi connectivity index (χ2n) is 4.49. The van der Waals surface area contributed by atoms with Crippen molar-refractivity contribution in [1.29, 1.82) is 0 Å². The first-order valence-corrected chi connectivity index (χ1v) is 8.22. The van der Waals surface area contributed by atoms with Crippen LogP contribution in [0.3, 0.4) is 0 Å². The van der Waals surface area contributed by atoms with Crippen LogP contribution >= 0.6 is 23.2 Å². The minimum atomic E-state index is -3.86. The number of nitrogens with zero attached hydrogens (tertiary/aromatic N) is 1. The number of H-pyrrole nitrogens is 1. The number of aryl methyl sites for hydroxylation is 2. The highest BCUT2D eigenvalue weighted by Crippen LogP contribution is 2.30. The summed E-state index contributed by atoms with van der Waals surface area (Å²) >= 11 is 11.9. The van der Waals surface area contributed by atoms with Gasteiger partial charge in [0, 0.05) is 11.6 Å². The monoisotopic (exact) mass is 348 g/mol. The molecule has 0 fully saturated rings. The molecule has 114 valence electrons. The number of nitrogens with one attached hydrogen (secondary N) is 2. The van der Waals surface area contributed by atoms with Crippen molar-refractivity contribution in [2.75, 3.05) is 4.72 Å². The maximum absolute atomic E-state index is 12.5. The molecule has 0 amide bonds. The molecule has 1 heterocycles. The highest BCUT2D eigenvalue weighted by atomic mass is 35.5. The van der Waals surface area contributed by atoms with Crippen molar-refractivity contribution in [3.05, 3.63) is 39.1 Å². The van der Waals surface area contributed by atoms with Crippen LogP contribution in [0.1, 0.15) is 17.0 Å². The number of hydrogen-bond donors (Lipinski definition) is 3. The first-order valence-electron chi connectivity index (χ1n) is 5.98. The molecule has 2 rings (SSSR count). The second-order valence-corrected chi connectivity index (χ2v) is 6.96. The number of anilines is 1. The van der Waals surface area contributed by atoms with Crippen molar-refractivity contribution in [1.82, 2.24) is 10.2 Å². The predicted molar refractivity (Wildman–Crippen MR) is 83.2 cm³/mol. The molecular formula is C12H14Cl2N4O2S. The van der Waals surface area contributed by atoms with Crippen LogP contribution in [0.5, 0.6) is 0 Å². The summed E-state index contributed by atoms with van der Waals surface area (Å²) in [6.07, 6.45) is 0. The van der Waals surface area contributed by atoms with Gasteiger partial charge >= 0.3 is 0 Å².